The van der Waals surface area contributed by atoms with Gasteiger partial charge >= 0.3 is 10.1 Å². The molecule has 0 bridgehead atoms. The standard InChI is InChI=1S/C35H40N2O5S/c1-23-12-16-26(17-13-23)43(40,41)42-31-18-15-25-10-8-9-11-27(25)28(31)22-36-37-32(38)19-14-24-20-29(34(2,3)4)33(39)30(21-24)35(5,6)7/h8-13,15-18,20-22,39H,14,19H2,1-7H3,(H,37,38)/b36-22-. The van der Waals surface area contributed by atoms with Gasteiger partial charge in [0.15, 0.2) is 5.75 Å². The molecule has 2 N–H and O–H groups in total. The Hall–Kier alpha value is -4.17. The van der Waals surface area contributed by atoms with Crippen LogP contribution in [0.5, 0.6) is 11.5 Å². The fraction of sp³-hybridized carbons (Fsp3) is 0.314. The number of rotatable bonds is 8. The molecule has 1 amide bonds. The van der Waals surface area contributed by atoms with Crippen LogP contribution in [0.3, 0.4) is 0 Å². The molecule has 43 heavy (non-hydrogen) atoms. The van der Waals surface area contributed by atoms with Crippen LogP contribution in [0.2, 0.25) is 0 Å². The number of phenolic OH excluding ortho intramolecular Hbond substituents is 1. The van der Waals surface area contributed by atoms with E-state index in [1.165, 1.54) is 18.3 Å². The largest absolute Gasteiger partial charge is 0.507 e. The molecule has 0 atom stereocenters. The maximum atomic E-state index is 13.0. The van der Waals surface area contributed by atoms with Gasteiger partial charge in [-0.15, -0.1) is 0 Å². The molecular weight excluding hydrogens is 560 g/mol. The number of carbonyl (C=O) groups excluding carboxylic acids is 1. The second-order valence-electron chi connectivity index (χ2n) is 12.9. The van der Waals surface area contributed by atoms with Gasteiger partial charge in [0.2, 0.25) is 5.91 Å². The Balaban J connectivity index is 1.55. The lowest BCUT2D eigenvalue weighted by Gasteiger charge is -2.28. The number of aromatic hydroxyl groups is 1. The fourth-order valence-electron chi connectivity index (χ4n) is 4.82. The zero-order chi connectivity index (χ0) is 31.6. The van der Waals surface area contributed by atoms with Gasteiger partial charge in [-0.2, -0.15) is 13.5 Å². The van der Waals surface area contributed by atoms with E-state index in [1.54, 1.807) is 24.3 Å². The highest BCUT2D eigenvalue weighted by Gasteiger charge is 2.26. The summed E-state index contributed by atoms with van der Waals surface area (Å²) in [6.45, 7) is 14.2. The monoisotopic (exact) mass is 600 g/mol. The van der Waals surface area contributed by atoms with Crippen molar-refractivity contribution in [2.45, 2.75) is 77.0 Å². The van der Waals surface area contributed by atoms with Crippen molar-refractivity contribution < 1.29 is 22.5 Å². The minimum Gasteiger partial charge on any atom is -0.507 e. The third-order valence-electron chi connectivity index (χ3n) is 7.25. The van der Waals surface area contributed by atoms with Crippen molar-refractivity contribution in [1.82, 2.24) is 5.43 Å². The van der Waals surface area contributed by atoms with Gasteiger partial charge in [0.05, 0.1) is 6.21 Å². The zero-order valence-corrected chi connectivity index (χ0v) is 26.7. The smallest absolute Gasteiger partial charge is 0.339 e. The van der Waals surface area contributed by atoms with Crippen LogP contribution in [0, 0.1) is 6.92 Å². The van der Waals surface area contributed by atoms with E-state index in [0.29, 0.717) is 17.7 Å². The van der Waals surface area contributed by atoms with Crippen LogP contribution in [-0.2, 0) is 32.2 Å². The molecule has 0 aliphatic carbocycles. The maximum Gasteiger partial charge on any atom is 0.339 e. The van der Waals surface area contributed by atoms with E-state index < -0.39 is 10.1 Å². The van der Waals surface area contributed by atoms with Crippen LogP contribution in [0.4, 0.5) is 0 Å². The molecule has 4 aromatic rings. The van der Waals surface area contributed by atoms with E-state index in [2.05, 4.69) is 52.1 Å². The summed E-state index contributed by atoms with van der Waals surface area (Å²) in [5.74, 6) is 0.106. The first-order valence-electron chi connectivity index (χ1n) is 14.3. The Morgan fingerprint density at radius 3 is 2.12 bits per heavy atom. The summed E-state index contributed by atoms with van der Waals surface area (Å²) in [5.41, 5.74) is 6.05. The molecule has 4 rings (SSSR count). The van der Waals surface area contributed by atoms with Crippen molar-refractivity contribution in [3.05, 3.63) is 101 Å². The predicted octanol–water partition coefficient (Wildman–Crippen LogP) is 7.30. The number of aryl methyl sites for hydroxylation is 2. The van der Waals surface area contributed by atoms with Crippen molar-refractivity contribution in [1.29, 1.82) is 0 Å². The minimum atomic E-state index is -4.10. The lowest BCUT2D eigenvalue weighted by molar-refractivity contribution is -0.121. The Morgan fingerprint density at radius 2 is 1.51 bits per heavy atom. The molecular formula is C35H40N2O5S. The molecule has 0 aliphatic rings. The third-order valence-corrected chi connectivity index (χ3v) is 8.50. The summed E-state index contributed by atoms with van der Waals surface area (Å²) in [6.07, 6.45) is 2.05. The van der Waals surface area contributed by atoms with Crippen LogP contribution >= 0.6 is 0 Å². The number of nitrogens with zero attached hydrogens (tertiary/aromatic N) is 1. The number of benzene rings is 4. The predicted molar refractivity (Wildman–Crippen MR) is 173 cm³/mol. The Morgan fingerprint density at radius 1 is 0.907 bits per heavy atom. The number of amides is 1. The molecule has 0 aromatic heterocycles. The maximum absolute atomic E-state index is 13.0. The highest BCUT2D eigenvalue weighted by molar-refractivity contribution is 7.87. The first kappa shape index (κ1) is 31.8. The number of hydrogen-bond acceptors (Lipinski definition) is 6. The fourth-order valence-corrected chi connectivity index (χ4v) is 5.76. The molecule has 0 heterocycles. The third kappa shape index (κ3) is 7.62. The van der Waals surface area contributed by atoms with Gasteiger partial charge in [0, 0.05) is 12.0 Å². The molecule has 226 valence electrons. The van der Waals surface area contributed by atoms with Crippen molar-refractivity contribution in [2.75, 3.05) is 0 Å². The summed E-state index contributed by atoms with van der Waals surface area (Å²) in [6, 6.07) is 21.2. The number of nitrogens with one attached hydrogen (secondary N) is 1. The molecule has 0 aliphatic heterocycles. The Labute approximate surface area is 254 Å². The molecule has 0 fully saturated rings. The molecule has 0 spiro atoms. The van der Waals surface area contributed by atoms with Crippen molar-refractivity contribution in [3.8, 4) is 11.5 Å². The van der Waals surface area contributed by atoms with E-state index in [9.17, 15) is 18.3 Å². The molecule has 0 radical (unpaired) electrons. The van der Waals surface area contributed by atoms with Gasteiger partial charge in [0.1, 0.15) is 10.6 Å². The molecule has 0 saturated heterocycles. The summed E-state index contributed by atoms with van der Waals surface area (Å²) in [4.78, 5) is 12.9. The highest BCUT2D eigenvalue weighted by atomic mass is 32.2. The number of hydrogen-bond donors (Lipinski definition) is 2. The van der Waals surface area contributed by atoms with Crippen LogP contribution in [0.25, 0.3) is 10.8 Å². The minimum absolute atomic E-state index is 0.0425. The van der Waals surface area contributed by atoms with E-state index in [4.69, 9.17) is 4.18 Å². The Kier molecular flexibility index (Phi) is 9.02. The van der Waals surface area contributed by atoms with E-state index in [1.807, 2.05) is 43.3 Å². The zero-order valence-electron chi connectivity index (χ0n) is 25.9. The lowest BCUT2D eigenvalue weighted by Crippen LogP contribution is -2.20. The van der Waals surface area contributed by atoms with Crippen LogP contribution in [-0.4, -0.2) is 25.6 Å². The molecule has 4 aromatic carbocycles. The number of carbonyl (C=O) groups is 1. The molecule has 0 unspecified atom stereocenters. The van der Waals surface area contributed by atoms with E-state index >= 15 is 0 Å². The topological polar surface area (TPSA) is 105 Å². The second kappa shape index (κ2) is 12.2. The van der Waals surface area contributed by atoms with Crippen molar-refractivity contribution in [2.24, 2.45) is 5.10 Å². The van der Waals surface area contributed by atoms with Gasteiger partial charge < -0.3 is 9.29 Å². The lowest BCUT2D eigenvalue weighted by atomic mass is 9.78. The number of phenols is 1. The first-order chi connectivity index (χ1) is 20.1. The molecule has 8 heteroatoms. The quantitative estimate of drug-likeness (QED) is 0.125. The van der Waals surface area contributed by atoms with Crippen LogP contribution in [0.15, 0.2) is 82.8 Å². The number of fused-ring (bicyclic) bond motifs is 1. The van der Waals surface area contributed by atoms with Gasteiger partial charge in [-0.1, -0.05) is 102 Å². The normalized spacial score (nSPS) is 12.5. The summed E-state index contributed by atoms with van der Waals surface area (Å²) < 4.78 is 31.7. The SMILES string of the molecule is Cc1ccc(S(=O)(=O)Oc2ccc3ccccc3c2/C=N\NC(=O)CCc2cc(C(C)(C)C)c(O)c(C(C)(C)C)c2)cc1. The summed E-state index contributed by atoms with van der Waals surface area (Å²) >= 11 is 0. The van der Waals surface area contributed by atoms with Gasteiger partial charge in [-0.3, -0.25) is 4.79 Å². The van der Waals surface area contributed by atoms with E-state index in [-0.39, 0.29) is 33.8 Å². The highest BCUT2D eigenvalue weighted by Crippen LogP contribution is 2.40. The van der Waals surface area contributed by atoms with Crippen molar-refractivity contribution >= 4 is 33.0 Å². The van der Waals surface area contributed by atoms with Gasteiger partial charge in [0.25, 0.3) is 0 Å². The average molecular weight is 601 g/mol. The Bertz CT molecular complexity index is 1740. The van der Waals surface area contributed by atoms with Gasteiger partial charge in [-0.25, -0.2) is 5.43 Å². The summed E-state index contributed by atoms with van der Waals surface area (Å²) in [5, 5.41) is 16.7. The first-order valence-corrected chi connectivity index (χ1v) is 15.7. The van der Waals surface area contributed by atoms with Crippen LogP contribution < -0.4 is 9.61 Å². The van der Waals surface area contributed by atoms with Crippen molar-refractivity contribution in [3.63, 3.8) is 0 Å². The average Bonchev–Trinajstić information content (AvgIpc) is 2.92. The van der Waals surface area contributed by atoms with Gasteiger partial charge in [-0.05, 0) is 69.8 Å². The molecule has 0 saturated carbocycles. The van der Waals surface area contributed by atoms with E-state index in [0.717, 1.165) is 33.0 Å². The molecule has 7 nitrogen and oxygen atoms in total. The summed E-state index contributed by atoms with van der Waals surface area (Å²) in [7, 11) is -4.10. The number of hydrazone groups is 1. The second-order valence-corrected chi connectivity index (χ2v) is 14.4. The van der Waals surface area contributed by atoms with Crippen LogP contribution in [0.1, 0.15) is 75.8 Å².